The Morgan fingerprint density at radius 2 is 2.15 bits per heavy atom. The molecular weight excluding hydrogens is 326 g/mol. The van der Waals surface area contributed by atoms with Crippen LogP contribution in [0.1, 0.15) is 23.7 Å². The predicted molar refractivity (Wildman–Crippen MR) is 103 cm³/mol. The van der Waals surface area contributed by atoms with Crippen LogP contribution in [-0.2, 0) is 20.6 Å². The summed E-state index contributed by atoms with van der Waals surface area (Å²) in [5.41, 5.74) is 3.48. The van der Waals surface area contributed by atoms with E-state index in [0.29, 0.717) is 12.5 Å². The second-order valence-corrected chi connectivity index (χ2v) is 6.86. The molecule has 3 heterocycles. The summed E-state index contributed by atoms with van der Waals surface area (Å²) in [5.74, 6) is 2.46. The molecule has 0 bridgehead atoms. The first-order valence-electron chi connectivity index (χ1n) is 9.00. The van der Waals surface area contributed by atoms with E-state index in [4.69, 9.17) is 4.98 Å². The van der Waals surface area contributed by atoms with Crippen molar-refractivity contribution in [3.8, 4) is 0 Å². The Kier molecular flexibility index (Phi) is 4.36. The van der Waals surface area contributed by atoms with Crippen LogP contribution in [0.2, 0.25) is 0 Å². The SMILES string of the molecule is CN=C(NCc1nc2ccccc2n1C)N1CCC(c2cnn(C)c2)C1. The molecule has 0 radical (unpaired) electrons. The minimum Gasteiger partial charge on any atom is -0.349 e. The summed E-state index contributed by atoms with van der Waals surface area (Å²) in [6, 6.07) is 8.21. The second kappa shape index (κ2) is 6.82. The Morgan fingerprint density at radius 1 is 1.31 bits per heavy atom. The highest BCUT2D eigenvalue weighted by Gasteiger charge is 2.27. The number of guanidine groups is 1. The molecule has 1 aromatic carbocycles. The average molecular weight is 351 g/mol. The van der Waals surface area contributed by atoms with Crippen LogP contribution in [0, 0.1) is 0 Å². The van der Waals surface area contributed by atoms with Crippen LogP contribution in [-0.4, -0.2) is 50.3 Å². The summed E-state index contributed by atoms with van der Waals surface area (Å²) in [6.45, 7) is 2.63. The Bertz CT molecular complexity index is 936. The molecule has 7 nitrogen and oxygen atoms in total. The monoisotopic (exact) mass is 351 g/mol. The second-order valence-electron chi connectivity index (χ2n) is 6.86. The van der Waals surface area contributed by atoms with Crippen LogP contribution in [0.4, 0.5) is 0 Å². The molecular formula is C19H25N7. The van der Waals surface area contributed by atoms with Crippen molar-refractivity contribution in [2.45, 2.75) is 18.9 Å². The zero-order chi connectivity index (χ0) is 18.1. The van der Waals surface area contributed by atoms with Gasteiger partial charge in [-0.1, -0.05) is 12.1 Å². The highest BCUT2D eigenvalue weighted by molar-refractivity contribution is 5.80. The molecule has 3 aromatic rings. The highest BCUT2D eigenvalue weighted by Crippen LogP contribution is 2.26. The van der Waals surface area contributed by atoms with Gasteiger partial charge < -0.3 is 14.8 Å². The zero-order valence-electron chi connectivity index (χ0n) is 15.6. The lowest BCUT2D eigenvalue weighted by Gasteiger charge is -2.21. The molecule has 0 spiro atoms. The minimum atomic E-state index is 0.512. The van der Waals surface area contributed by atoms with Gasteiger partial charge in [0.2, 0.25) is 0 Å². The predicted octanol–water partition coefficient (Wildman–Crippen LogP) is 1.87. The van der Waals surface area contributed by atoms with E-state index in [2.05, 4.69) is 44.2 Å². The number of likely N-dealkylation sites (tertiary alicyclic amines) is 1. The number of nitrogens with one attached hydrogen (secondary N) is 1. The lowest BCUT2D eigenvalue weighted by molar-refractivity contribution is 0.483. The maximum absolute atomic E-state index is 4.73. The molecule has 0 aliphatic carbocycles. The Hall–Kier alpha value is -2.83. The largest absolute Gasteiger partial charge is 0.349 e. The van der Waals surface area contributed by atoms with Gasteiger partial charge in [-0.2, -0.15) is 5.10 Å². The van der Waals surface area contributed by atoms with Crippen LogP contribution < -0.4 is 5.32 Å². The molecule has 26 heavy (non-hydrogen) atoms. The maximum Gasteiger partial charge on any atom is 0.194 e. The maximum atomic E-state index is 4.73. The van der Waals surface area contributed by atoms with Crippen LogP contribution in [0.25, 0.3) is 11.0 Å². The standard InChI is InChI=1S/C19H25N7/c1-20-19(26-9-8-14(13-26)15-10-22-24(2)12-15)21-11-18-23-16-6-4-5-7-17(16)25(18)3/h4-7,10,12,14H,8-9,11,13H2,1-3H3,(H,20,21). The number of rotatable bonds is 3. The third-order valence-electron chi connectivity index (χ3n) is 5.18. The Morgan fingerprint density at radius 3 is 2.88 bits per heavy atom. The first-order valence-corrected chi connectivity index (χ1v) is 9.00. The molecule has 0 amide bonds. The summed E-state index contributed by atoms with van der Waals surface area (Å²) in [7, 11) is 5.87. The van der Waals surface area contributed by atoms with Gasteiger partial charge in [-0.15, -0.1) is 0 Å². The van der Waals surface area contributed by atoms with E-state index < -0.39 is 0 Å². The number of hydrogen-bond donors (Lipinski definition) is 1. The summed E-state index contributed by atoms with van der Waals surface area (Å²) in [6.07, 6.45) is 5.21. The number of aromatic nitrogens is 4. The van der Waals surface area contributed by atoms with Crippen molar-refractivity contribution in [2.24, 2.45) is 19.1 Å². The number of hydrogen-bond acceptors (Lipinski definition) is 3. The molecule has 1 aliphatic rings. The molecule has 1 unspecified atom stereocenters. The van der Waals surface area contributed by atoms with E-state index in [1.54, 1.807) is 0 Å². The minimum absolute atomic E-state index is 0.512. The molecule has 2 aromatic heterocycles. The van der Waals surface area contributed by atoms with E-state index in [1.807, 2.05) is 43.2 Å². The lowest BCUT2D eigenvalue weighted by atomic mass is 10.0. The van der Waals surface area contributed by atoms with Crippen molar-refractivity contribution in [3.63, 3.8) is 0 Å². The summed E-state index contributed by atoms with van der Waals surface area (Å²) in [4.78, 5) is 11.5. The first kappa shape index (κ1) is 16.6. The average Bonchev–Trinajstić information content (AvgIpc) is 3.36. The summed E-state index contributed by atoms with van der Waals surface area (Å²) < 4.78 is 4.01. The van der Waals surface area contributed by atoms with E-state index in [-0.39, 0.29) is 0 Å². The van der Waals surface area contributed by atoms with Crippen molar-refractivity contribution >= 4 is 17.0 Å². The number of para-hydroxylation sites is 2. The van der Waals surface area contributed by atoms with Gasteiger partial charge in [-0.25, -0.2) is 4.98 Å². The van der Waals surface area contributed by atoms with Crippen LogP contribution in [0.3, 0.4) is 0 Å². The van der Waals surface area contributed by atoms with Gasteiger partial charge >= 0.3 is 0 Å². The highest BCUT2D eigenvalue weighted by atomic mass is 15.3. The fourth-order valence-electron chi connectivity index (χ4n) is 3.72. The molecule has 136 valence electrons. The number of benzene rings is 1. The number of aryl methyl sites for hydroxylation is 2. The Balaban J connectivity index is 1.42. The van der Waals surface area contributed by atoms with E-state index >= 15 is 0 Å². The molecule has 1 aliphatic heterocycles. The molecule has 1 N–H and O–H groups in total. The molecule has 4 rings (SSSR count). The third-order valence-corrected chi connectivity index (χ3v) is 5.18. The number of aliphatic imine (C=N–C) groups is 1. The first-order chi connectivity index (χ1) is 12.7. The van der Waals surface area contributed by atoms with E-state index in [9.17, 15) is 0 Å². The van der Waals surface area contributed by atoms with Gasteiger partial charge in [0.05, 0.1) is 23.8 Å². The topological polar surface area (TPSA) is 63.3 Å². The lowest BCUT2D eigenvalue weighted by Crippen LogP contribution is -2.39. The van der Waals surface area contributed by atoms with E-state index in [0.717, 1.165) is 42.3 Å². The van der Waals surface area contributed by atoms with Gasteiger partial charge in [0.15, 0.2) is 5.96 Å². The molecule has 7 heteroatoms. The van der Waals surface area contributed by atoms with E-state index in [1.165, 1.54) is 5.56 Å². The van der Waals surface area contributed by atoms with Crippen molar-refractivity contribution < 1.29 is 0 Å². The normalized spacial score (nSPS) is 18.0. The molecule has 1 saturated heterocycles. The molecule has 0 saturated carbocycles. The third kappa shape index (κ3) is 3.05. The van der Waals surface area contributed by atoms with Crippen molar-refractivity contribution in [1.29, 1.82) is 0 Å². The zero-order valence-corrected chi connectivity index (χ0v) is 15.6. The van der Waals surface area contributed by atoms with Gasteiger partial charge in [-0.3, -0.25) is 9.67 Å². The van der Waals surface area contributed by atoms with Gasteiger partial charge in [0.25, 0.3) is 0 Å². The van der Waals surface area contributed by atoms with Crippen molar-refractivity contribution in [2.75, 3.05) is 20.1 Å². The molecule has 1 fully saturated rings. The fraction of sp³-hybridized carbons (Fsp3) is 0.421. The van der Waals surface area contributed by atoms with Gasteiger partial charge in [0.1, 0.15) is 5.82 Å². The number of imidazole rings is 1. The number of nitrogens with zero attached hydrogens (tertiary/aromatic N) is 6. The quantitative estimate of drug-likeness (QED) is 0.578. The smallest absolute Gasteiger partial charge is 0.194 e. The van der Waals surface area contributed by atoms with Crippen molar-refractivity contribution in [3.05, 3.63) is 48.0 Å². The summed E-state index contributed by atoms with van der Waals surface area (Å²) >= 11 is 0. The van der Waals surface area contributed by atoms with Crippen LogP contribution >= 0.6 is 0 Å². The number of fused-ring (bicyclic) bond motifs is 1. The fourth-order valence-corrected chi connectivity index (χ4v) is 3.72. The Labute approximate surface area is 153 Å². The van der Waals surface area contributed by atoms with Crippen LogP contribution in [0.15, 0.2) is 41.7 Å². The van der Waals surface area contributed by atoms with Crippen molar-refractivity contribution in [1.82, 2.24) is 29.5 Å². The van der Waals surface area contributed by atoms with Gasteiger partial charge in [0, 0.05) is 46.3 Å². The molecule has 1 atom stereocenters. The van der Waals surface area contributed by atoms with Crippen LogP contribution in [0.5, 0.6) is 0 Å². The van der Waals surface area contributed by atoms with Gasteiger partial charge in [-0.05, 0) is 24.1 Å². The summed E-state index contributed by atoms with van der Waals surface area (Å²) in [5, 5.41) is 7.78.